The molecule has 0 atom stereocenters. The predicted molar refractivity (Wildman–Crippen MR) is 89.5 cm³/mol. The summed E-state index contributed by atoms with van der Waals surface area (Å²) in [5, 5.41) is 0. The summed E-state index contributed by atoms with van der Waals surface area (Å²) >= 11 is 2.48. The highest BCUT2D eigenvalue weighted by atomic mass is 127. The van der Waals surface area contributed by atoms with Gasteiger partial charge in [-0.1, -0.05) is 74.0 Å². The van der Waals surface area contributed by atoms with Crippen molar-refractivity contribution in [3.05, 3.63) is 24.5 Å². The zero-order valence-corrected chi connectivity index (χ0v) is 13.8. The first-order chi connectivity index (χ1) is 8.93. The van der Waals surface area contributed by atoms with E-state index in [1.54, 1.807) is 0 Å². The second-order valence-electron chi connectivity index (χ2n) is 5.15. The van der Waals surface area contributed by atoms with E-state index in [1.807, 2.05) is 0 Å². The normalized spacial score (nSPS) is 10.9. The molecule has 1 aromatic rings. The quantitative estimate of drug-likeness (QED) is 0.251. The lowest BCUT2D eigenvalue weighted by Crippen LogP contribution is -1.93. The van der Waals surface area contributed by atoms with Crippen LogP contribution >= 0.6 is 22.6 Å². The maximum absolute atomic E-state index is 2.48. The van der Waals surface area contributed by atoms with Crippen molar-refractivity contribution < 1.29 is 0 Å². The topological polar surface area (TPSA) is 4.93 Å². The van der Waals surface area contributed by atoms with E-state index < -0.39 is 0 Å². The zero-order valence-electron chi connectivity index (χ0n) is 11.6. The van der Waals surface area contributed by atoms with Gasteiger partial charge in [-0.3, -0.25) is 0 Å². The van der Waals surface area contributed by atoms with Crippen molar-refractivity contribution >= 4 is 22.6 Å². The van der Waals surface area contributed by atoms with Crippen LogP contribution in [-0.2, 0) is 6.54 Å². The van der Waals surface area contributed by atoms with E-state index in [0.717, 1.165) is 0 Å². The number of aromatic nitrogens is 1. The number of aryl methyl sites for hydroxylation is 1. The van der Waals surface area contributed by atoms with Gasteiger partial charge in [-0.2, -0.15) is 0 Å². The second kappa shape index (κ2) is 12.1. The Morgan fingerprint density at radius 2 is 1.06 bits per heavy atom. The van der Waals surface area contributed by atoms with Gasteiger partial charge in [0.1, 0.15) is 0 Å². The molecule has 1 heterocycles. The van der Waals surface area contributed by atoms with E-state index >= 15 is 0 Å². The fourth-order valence-corrected chi connectivity index (χ4v) is 2.86. The largest absolute Gasteiger partial charge is 0.354 e. The van der Waals surface area contributed by atoms with Crippen LogP contribution in [-0.4, -0.2) is 8.99 Å². The van der Waals surface area contributed by atoms with Crippen molar-refractivity contribution in [1.82, 2.24) is 4.57 Å². The van der Waals surface area contributed by atoms with Crippen LogP contribution in [0.1, 0.15) is 64.2 Å². The molecule has 104 valence electrons. The van der Waals surface area contributed by atoms with Gasteiger partial charge >= 0.3 is 0 Å². The maximum Gasteiger partial charge on any atom is 0.0219 e. The van der Waals surface area contributed by atoms with Crippen LogP contribution in [0, 0.1) is 0 Å². The minimum Gasteiger partial charge on any atom is -0.354 e. The molecule has 18 heavy (non-hydrogen) atoms. The number of nitrogens with zero attached hydrogens (tertiary/aromatic N) is 1. The smallest absolute Gasteiger partial charge is 0.0219 e. The van der Waals surface area contributed by atoms with Crippen molar-refractivity contribution in [2.24, 2.45) is 0 Å². The van der Waals surface area contributed by atoms with Crippen molar-refractivity contribution in [2.45, 2.75) is 70.8 Å². The maximum atomic E-state index is 2.48. The minimum atomic E-state index is 1.20. The van der Waals surface area contributed by atoms with Gasteiger partial charge < -0.3 is 4.57 Å². The number of halogens is 1. The highest BCUT2D eigenvalue weighted by Crippen LogP contribution is 2.11. The average Bonchev–Trinajstić information content (AvgIpc) is 2.89. The molecule has 0 aliphatic heterocycles. The standard InChI is InChI=1S/C16H28IN/c17-13-9-7-5-3-1-2-4-6-8-10-14-18-15-11-12-16-18/h11-12,15-16H,1-10,13-14H2. The van der Waals surface area contributed by atoms with Gasteiger partial charge in [0.2, 0.25) is 0 Å². The summed E-state index contributed by atoms with van der Waals surface area (Å²) in [6, 6.07) is 4.22. The van der Waals surface area contributed by atoms with Gasteiger partial charge in [-0.25, -0.2) is 0 Å². The first-order valence-electron chi connectivity index (χ1n) is 7.60. The Balaban J connectivity index is 1.73. The number of hydrogen-bond donors (Lipinski definition) is 0. The van der Waals surface area contributed by atoms with Crippen molar-refractivity contribution in [3.8, 4) is 0 Å². The Hall–Kier alpha value is 0.0100. The summed E-state index contributed by atoms with van der Waals surface area (Å²) in [5.74, 6) is 0. The Morgan fingerprint density at radius 3 is 1.56 bits per heavy atom. The van der Waals surface area contributed by atoms with Gasteiger partial charge in [-0.15, -0.1) is 0 Å². The molecule has 0 fully saturated rings. The van der Waals surface area contributed by atoms with E-state index in [2.05, 4.69) is 51.7 Å². The summed E-state index contributed by atoms with van der Waals surface area (Å²) < 4.78 is 3.62. The monoisotopic (exact) mass is 361 g/mol. The van der Waals surface area contributed by atoms with Gasteiger partial charge in [0.15, 0.2) is 0 Å². The third-order valence-electron chi connectivity index (χ3n) is 3.47. The molecule has 2 heteroatoms. The molecule has 0 saturated carbocycles. The van der Waals surface area contributed by atoms with Crippen LogP contribution in [0.2, 0.25) is 0 Å². The predicted octanol–water partition coefficient (Wildman–Crippen LogP) is 5.82. The fourth-order valence-electron chi connectivity index (χ4n) is 2.32. The molecule has 0 amide bonds. The van der Waals surface area contributed by atoms with Crippen LogP contribution < -0.4 is 0 Å². The Kier molecular flexibility index (Phi) is 10.8. The highest BCUT2D eigenvalue weighted by molar-refractivity contribution is 14.1. The van der Waals surface area contributed by atoms with Crippen LogP contribution in [0.15, 0.2) is 24.5 Å². The minimum absolute atomic E-state index is 1.20. The van der Waals surface area contributed by atoms with Gasteiger partial charge in [0, 0.05) is 18.9 Å². The third kappa shape index (κ3) is 9.01. The van der Waals surface area contributed by atoms with Crippen molar-refractivity contribution in [1.29, 1.82) is 0 Å². The number of alkyl halides is 1. The molecule has 0 unspecified atom stereocenters. The fraction of sp³-hybridized carbons (Fsp3) is 0.750. The SMILES string of the molecule is ICCCCCCCCCCCCn1cccc1. The molecule has 0 aliphatic carbocycles. The molecule has 0 spiro atoms. The highest BCUT2D eigenvalue weighted by Gasteiger charge is 1.93. The van der Waals surface area contributed by atoms with E-state index in [9.17, 15) is 0 Å². The lowest BCUT2D eigenvalue weighted by Gasteiger charge is -2.03. The van der Waals surface area contributed by atoms with Gasteiger partial charge in [0.25, 0.3) is 0 Å². The number of unbranched alkanes of at least 4 members (excludes halogenated alkanes) is 9. The van der Waals surface area contributed by atoms with E-state index in [-0.39, 0.29) is 0 Å². The van der Waals surface area contributed by atoms with Gasteiger partial charge in [0.05, 0.1) is 0 Å². The van der Waals surface area contributed by atoms with E-state index in [4.69, 9.17) is 0 Å². The molecule has 1 aromatic heterocycles. The number of rotatable bonds is 12. The van der Waals surface area contributed by atoms with Gasteiger partial charge in [-0.05, 0) is 29.4 Å². The molecular formula is C16H28IN. The summed E-state index contributed by atoms with van der Waals surface area (Å²) in [6.07, 6.45) is 18.6. The van der Waals surface area contributed by atoms with E-state index in [1.165, 1.54) is 75.2 Å². The molecule has 0 aliphatic rings. The molecule has 0 saturated heterocycles. The third-order valence-corrected chi connectivity index (χ3v) is 4.23. The van der Waals surface area contributed by atoms with Crippen LogP contribution in [0.4, 0.5) is 0 Å². The molecule has 0 N–H and O–H groups in total. The molecule has 0 bridgehead atoms. The molecular weight excluding hydrogens is 333 g/mol. The first kappa shape index (κ1) is 16.1. The molecule has 0 radical (unpaired) electrons. The summed E-state index contributed by atoms with van der Waals surface area (Å²) in [6.45, 7) is 1.20. The number of hydrogen-bond acceptors (Lipinski definition) is 0. The van der Waals surface area contributed by atoms with Crippen molar-refractivity contribution in [3.63, 3.8) is 0 Å². The lowest BCUT2D eigenvalue weighted by molar-refractivity contribution is 0.536. The van der Waals surface area contributed by atoms with E-state index in [0.29, 0.717) is 0 Å². The Bertz CT molecular complexity index is 256. The Labute approximate surface area is 126 Å². The molecule has 1 rings (SSSR count). The average molecular weight is 361 g/mol. The summed E-state index contributed by atoms with van der Waals surface area (Å²) in [4.78, 5) is 0. The molecule has 0 aromatic carbocycles. The Morgan fingerprint density at radius 1 is 0.611 bits per heavy atom. The van der Waals surface area contributed by atoms with Crippen molar-refractivity contribution in [2.75, 3.05) is 4.43 Å². The summed E-state index contributed by atoms with van der Waals surface area (Å²) in [7, 11) is 0. The summed E-state index contributed by atoms with van der Waals surface area (Å²) in [5.41, 5.74) is 0. The lowest BCUT2D eigenvalue weighted by atomic mass is 10.1. The van der Waals surface area contributed by atoms with Crippen LogP contribution in [0.3, 0.4) is 0 Å². The second-order valence-corrected chi connectivity index (χ2v) is 6.22. The first-order valence-corrected chi connectivity index (χ1v) is 9.13. The van der Waals surface area contributed by atoms with Crippen LogP contribution in [0.25, 0.3) is 0 Å². The van der Waals surface area contributed by atoms with Crippen LogP contribution in [0.5, 0.6) is 0 Å². The molecule has 1 nitrogen and oxygen atoms in total. The zero-order chi connectivity index (χ0) is 12.9.